The quantitative estimate of drug-likeness (QED) is 0.880. The van der Waals surface area contributed by atoms with E-state index in [1.165, 1.54) is 31.7 Å². The van der Waals surface area contributed by atoms with Crippen molar-refractivity contribution >= 4 is 21.8 Å². The normalized spacial score (nSPS) is 29.4. The molecular weight excluding hydrogens is 321 g/mol. The van der Waals surface area contributed by atoms with Gasteiger partial charge in [-0.3, -0.25) is 4.79 Å². The SMILES string of the molecule is CC(NC(=O)c1cccc(F)c1Br)C1CC2CCC1C2. The highest BCUT2D eigenvalue weighted by atomic mass is 79.9. The molecular formula is C16H19BrFNO. The van der Waals surface area contributed by atoms with E-state index in [1.54, 1.807) is 12.1 Å². The van der Waals surface area contributed by atoms with Crippen molar-refractivity contribution in [1.29, 1.82) is 0 Å². The monoisotopic (exact) mass is 339 g/mol. The van der Waals surface area contributed by atoms with Crippen LogP contribution in [0.3, 0.4) is 0 Å². The fourth-order valence-electron chi connectivity index (χ4n) is 3.98. The Morgan fingerprint density at radius 2 is 2.20 bits per heavy atom. The van der Waals surface area contributed by atoms with E-state index in [2.05, 4.69) is 28.2 Å². The molecule has 2 fully saturated rings. The van der Waals surface area contributed by atoms with Crippen molar-refractivity contribution in [2.75, 3.05) is 0 Å². The number of carbonyl (C=O) groups excluding carboxylic acids is 1. The van der Waals surface area contributed by atoms with Gasteiger partial charge in [0.15, 0.2) is 0 Å². The molecule has 4 heteroatoms. The molecule has 4 unspecified atom stereocenters. The summed E-state index contributed by atoms with van der Waals surface area (Å²) in [7, 11) is 0. The highest BCUT2D eigenvalue weighted by Gasteiger charge is 2.42. The van der Waals surface area contributed by atoms with Crippen LogP contribution in [0, 0.1) is 23.6 Å². The molecule has 0 aliphatic heterocycles. The van der Waals surface area contributed by atoms with Crippen LogP contribution < -0.4 is 5.32 Å². The summed E-state index contributed by atoms with van der Waals surface area (Å²) in [5, 5.41) is 3.06. The second kappa shape index (κ2) is 5.47. The predicted molar refractivity (Wildman–Crippen MR) is 80.0 cm³/mol. The fraction of sp³-hybridized carbons (Fsp3) is 0.562. The summed E-state index contributed by atoms with van der Waals surface area (Å²) >= 11 is 3.15. The largest absolute Gasteiger partial charge is 0.349 e. The first-order chi connectivity index (χ1) is 9.56. The van der Waals surface area contributed by atoms with Crippen molar-refractivity contribution in [1.82, 2.24) is 5.32 Å². The maximum absolute atomic E-state index is 13.5. The number of benzene rings is 1. The van der Waals surface area contributed by atoms with E-state index >= 15 is 0 Å². The van der Waals surface area contributed by atoms with Crippen molar-refractivity contribution in [3.05, 3.63) is 34.1 Å². The molecule has 0 aromatic heterocycles. The lowest BCUT2D eigenvalue weighted by Gasteiger charge is -2.28. The molecule has 108 valence electrons. The molecule has 1 amide bonds. The Labute approximate surface area is 127 Å². The number of fused-ring (bicyclic) bond motifs is 2. The van der Waals surface area contributed by atoms with Crippen LogP contribution in [0.25, 0.3) is 0 Å². The van der Waals surface area contributed by atoms with Crippen molar-refractivity contribution in [3.63, 3.8) is 0 Å². The Morgan fingerprint density at radius 3 is 2.85 bits per heavy atom. The van der Waals surface area contributed by atoms with Gasteiger partial charge in [-0.2, -0.15) is 0 Å². The molecule has 20 heavy (non-hydrogen) atoms. The van der Waals surface area contributed by atoms with Gasteiger partial charge in [0.1, 0.15) is 5.82 Å². The molecule has 2 aliphatic carbocycles. The van der Waals surface area contributed by atoms with Gasteiger partial charge in [-0.05, 0) is 72.0 Å². The molecule has 0 radical (unpaired) electrons. The van der Waals surface area contributed by atoms with Gasteiger partial charge >= 0.3 is 0 Å². The highest BCUT2D eigenvalue weighted by molar-refractivity contribution is 9.10. The van der Waals surface area contributed by atoms with E-state index < -0.39 is 5.82 Å². The molecule has 2 nitrogen and oxygen atoms in total. The summed E-state index contributed by atoms with van der Waals surface area (Å²) in [4.78, 5) is 12.3. The van der Waals surface area contributed by atoms with Crippen LogP contribution in [0.5, 0.6) is 0 Å². The lowest BCUT2D eigenvalue weighted by molar-refractivity contribution is 0.0914. The van der Waals surface area contributed by atoms with Crippen LogP contribution in [0.4, 0.5) is 4.39 Å². The molecule has 2 bridgehead atoms. The van der Waals surface area contributed by atoms with Crippen LogP contribution in [-0.2, 0) is 0 Å². The zero-order chi connectivity index (χ0) is 14.3. The molecule has 0 spiro atoms. The number of nitrogens with one attached hydrogen (secondary N) is 1. The van der Waals surface area contributed by atoms with Gasteiger partial charge in [0.05, 0.1) is 10.0 Å². The third-order valence-corrected chi connectivity index (χ3v) is 5.80. The summed E-state index contributed by atoms with van der Waals surface area (Å²) < 4.78 is 13.7. The van der Waals surface area contributed by atoms with Gasteiger partial charge in [0, 0.05) is 6.04 Å². The van der Waals surface area contributed by atoms with Crippen molar-refractivity contribution < 1.29 is 9.18 Å². The third-order valence-electron chi connectivity index (χ3n) is 4.99. The standard InChI is InChI=1S/C16H19BrFNO/c1-9(13-8-10-5-6-11(13)7-10)19-16(20)12-3-2-4-14(18)15(12)17/h2-4,9-11,13H,5-8H2,1H3,(H,19,20). The zero-order valence-electron chi connectivity index (χ0n) is 11.5. The third kappa shape index (κ3) is 2.50. The number of halogens is 2. The van der Waals surface area contributed by atoms with Gasteiger partial charge in [0.2, 0.25) is 0 Å². The van der Waals surface area contributed by atoms with Gasteiger partial charge in [0.25, 0.3) is 5.91 Å². The summed E-state index contributed by atoms with van der Waals surface area (Å²) in [6, 6.07) is 4.72. The first-order valence-electron chi connectivity index (χ1n) is 7.31. The summed E-state index contributed by atoms with van der Waals surface area (Å²) in [5.41, 5.74) is 0.375. The van der Waals surface area contributed by atoms with E-state index in [1.807, 2.05) is 0 Å². The number of hydrogen-bond acceptors (Lipinski definition) is 1. The number of rotatable bonds is 3. The molecule has 1 aromatic rings. The van der Waals surface area contributed by atoms with Crippen LogP contribution in [0.15, 0.2) is 22.7 Å². The second-order valence-corrected chi connectivity index (χ2v) is 7.00. The molecule has 4 atom stereocenters. The van der Waals surface area contributed by atoms with Gasteiger partial charge in [-0.1, -0.05) is 12.5 Å². The maximum atomic E-state index is 13.5. The van der Waals surface area contributed by atoms with Crippen LogP contribution in [-0.4, -0.2) is 11.9 Å². The summed E-state index contributed by atoms with van der Waals surface area (Å²) in [6.07, 6.45) is 5.22. The van der Waals surface area contributed by atoms with Crippen molar-refractivity contribution in [2.24, 2.45) is 17.8 Å². The first-order valence-corrected chi connectivity index (χ1v) is 8.10. The van der Waals surface area contributed by atoms with Crippen molar-refractivity contribution in [2.45, 2.75) is 38.6 Å². The smallest absolute Gasteiger partial charge is 0.252 e. The van der Waals surface area contributed by atoms with Crippen LogP contribution in [0.1, 0.15) is 43.0 Å². The van der Waals surface area contributed by atoms with Crippen LogP contribution >= 0.6 is 15.9 Å². The summed E-state index contributed by atoms with van der Waals surface area (Å²) in [5.74, 6) is 1.64. The number of amides is 1. The molecule has 3 rings (SSSR count). The summed E-state index contributed by atoms with van der Waals surface area (Å²) in [6.45, 7) is 2.08. The van der Waals surface area contributed by atoms with Gasteiger partial charge in [-0.25, -0.2) is 4.39 Å². The average Bonchev–Trinajstić information content (AvgIpc) is 3.04. The molecule has 0 heterocycles. The van der Waals surface area contributed by atoms with E-state index in [4.69, 9.17) is 0 Å². The van der Waals surface area contributed by atoms with Crippen LogP contribution in [0.2, 0.25) is 0 Å². The number of hydrogen-bond donors (Lipinski definition) is 1. The molecule has 1 aromatic carbocycles. The fourth-order valence-corrected chi connectivity index (χ4v) is 4.42. The number of carbonyl (C=O) groups is 1. The molecule has 0 saturated heterocycles. The van der Waals surface area contributed by atoms with E-state index in [0.29, 0.717) is 11.5 Å². The minimum Gasteiger partial charge on any atom is -0.349 e. The maximum Gasteiger partial charge on any atom is 0.252 e. The van der Waals surface area contributed by atoms with E-state index in [9.17, 15) is 9.18 Å². The van der Waals surface area contributed by atoms with Gasteiger partial charge in [-0.15, -0.1) is 0 Å². The zero-order valence-corrected chi connectivity index (χ0v) is 13.1. The molecule has 2 aliphatic rings. The van der Waals surface area contributed by atoms with E-state index in [0.717, 1.165) is 11.8 Å². The highest BCUT2D eigenvalue weighted by Crippen LogP contribution is 2.49. The van der Waals surface area contributed by atoms with Gasteiger partial charge < -0.3 is 5.32 Å². The Bertz CT molecular complexity index is 533. The topological polar surface area (TPSA) is 29.1 Å². The predicted octanol–water partition coefficient (Wildman–Crippen LogP) is 4.14. The Hall–Kier alpha value is -0.900. The second-order valence-electron chi connectivity index (χ2n) is 6.20. The van der Waals surface area contributed by atoms with Crippen molar-refractivity contribution in [3.8, 4) is 0 Å². The minimum absolute atomic E-state index is 0.160. The lowest BCUT2D eigenvalue weighted by Crippen LogP contribution is -2.40. The minimum atomic E-state index is -0.398. The Balaban J connectivity index is 1.68. The Kier molecular flexibility index (Phi) is 3.85. The average molecular weight is 340 g/mol. The Morgan fingerprint density at radius 1 is 1.40 bits per heavy atom. The van der Waals surface area contributed by atoms with E-state index in [-0.39, 0.29) is 16.4 Å². The lowest BCUT2D eigenvalue weighted by atomic mass is 9.84. The molecule has 1 N–H and O–H groups in total. The molecule has 2 saturated carbocycles. The first kappa shape index (κ1) is 14.1.